The molecule has 1 aromatic carbocycles. The molecule has 0 radical (unpaired) electrons. The van der Waals surface area contributed by atoms with Crippen molar-refractivity contribution in [2.75, 3.05) is 0 Å². The molecule has 2 heteroatoms. The van der Waals surface area contributed by atoms with Crippen LogP contribution in [-0.2, 0) is 0 Å². The van der Waals surface area contributed by atoms with E-state index in [0.717, 1.165) is 10.0 Å². The molecule has 0 unspecified atom stereocenters. The van der Waals surface area contributed by atoms with Crippen LogP contribution in [-0.4, -0.2) is 0 Å². The summed E-state index contributed by atoms with van der Waals surface area (Å²) in [6.45, 7) is 5.70. The third-order valence-electron chi connectivity index (χ3n) is 1.83. The van der Waals surface area contributed by atoms with Crippen LogP contribution in [0.25, 0.3) is 0 Å². The van der Waals surface area contributed by atoms with Crippen LogP contribution in [0.1, 0.15) is 17.2 Å². The summed E-state index contributed by atoms with van der Waals surface area (Å²) in [7, 11) is 0. The second-order valence-corrected chi connectivity index (χ2v) is 3.62. The minimum atomic E-state index is -0.0677. The van der Waals surface area contributed by atoms with Crippen molar-refractivity contribution in [2.45, 2.75) is 13.0 Å². The molecule has 0 saturated carbocycles. The maximum absolute atomic E-state index is 5.77. The van der Waals surface area contributed by atoms with Gasteiger partial charge in [0.1, 0.15) is 0 Å². The molecule has 0 bridgehead atoms. The van der Waals surface area contributed by atoms with Crippen LogP contribution >= 0.6 is 15.9 Å². The molecule has 12 heavy (non-hydrogen) atoms. The van der Waals surface area contributed by atoms with Crippen molar-refractivity contribution in [1.29, 1.82) is 0 Å². The molecule has 1 atom stereocenters. The van der Waals surface area contributed by atoms with Crippen molar-refractivity contribution < 1.29 is 0 Å². The zero-order valence-corrected chi connectivity index (χ0v) is 8.64. The Morgan fingerprint density at radius 3 is 2.75 bits per heavy atom. The zero-order chi connectivity index (χ0) is 9.14. The topological polar surface area (TPSA) is 26.0 Å². The van der Waals surface area contributed by atoms with Gasteiger partial charge in [-0.2, -0.15) is 0 Å². The number of hydrogen-bond acceptors (Lipinski definition) is 1. The number of aryl methyl sites for hydroxylation is 1. The maximum Gasteiger partial charge on any atom is 0.0478 e. The van der Waals surface area contributed by atoms with Crippen molar-refractivity contribution >= 4 is 15.9 Å². The van der Waals surface area contributed by atoms with Crippen LogP contribution in [0.5, 0.6) is 0 Å². The molecule has 0 fully saturated rings. The SMILES string of the molecule is C=C[C@H](N)c1ccc(C)c(Br)c1. The van der Waals surface area contributed by atoms with Crippen molar-refractivity contribution in [3.63, 3.8) is 0 Å². The van der Waals surface area contributed by atoms with E-state index in [9.17, 15) is 0 Å². The molecule has 0 aliphatic heterocycles. The highest BCUT2D eigenvalue weighted by molar-refractivity contribution is 9.10. The molecule has 1 aromatic rings. The quantitative estimate of drug-likeness (QED) is 0.771. The molecule has 1 rings (SSSR count). The minimum Gasteiger partial charge on any atom is -0.321 e. The van der Waals surface area contributed by atoms with Crippen molar-refractivity contribution in [1.82, 2.24) is 0 Å². The Bertz CT molecular complexity index is 294. The average molecular weight is 226 g/mol. The van der Waals surface area contributed by atoms with Crippen molar-refractivity contribution in [2.24, 2.45) is 5.73 Å². The van der Waals surface area contributed by atoms with E-state index in [0.29, 0.717) is 0 Å². The fraction of sp³-hybridized carbons (Fsp3) is 0.200. The fourth-order valence-electron chi connectivity index (χ4n) is 0.953. The molecule has 1 nitrogen and oxygen atoms in total. The average Bonchev–Trinajstić information content (AvgIpc) is 2.08. The van der Waals surface area contributed by atoms with Crippen LogP contribution < -0.4 is 5.73 Å². The number of hydrogen-bond donors (Lipinski definition) is 1. The van der Waals surface area contributed by atoms with Crippen LogP contribution in [0.2, 0.25) is 0 Å². The Balaban J connectivity index is 3.04. The van der Waals surface area contributed by atoms with Gasteiger partial charge >= 0.3 is 0 Å². The Morgan fingerprint density at radius 2 is 2.25 bits per heavy atom. The molecule has 0 aliphatic rings. The summed E-state index contributed by atoms with van der Waals surface area (Å²) in [5, 5.41) is 0. The van der Waals surface area contributed by atoms with Crippen LogP contribution in [0.15, 0.2) is 35.3 Å². The number of rotatable bonds is 2. The molecule has 0 aliphatic carbocycles. The van der Waals surface area contributed by atoms with Gasteiger partial charge in [0, 0.05) is 10.5 Å². The first-order valence-corrected chi connectivity index (χ1v) is 4.58. The molecule has 0 amide bonds. The van der Waals surface area contributed by atoms with E-state index >= 15 is 0 Å². The van der Waals surface area contributed by atoms with Gasteiger partial charge in [0.25, 0.3) is 0 Å². The lowest BCUT2D eigenvalue weighted by Gasteiger charge is -2.07. The summed E-state index contributed by atoms with van der Waals surface area (Å²) < 4.78 is 1.09. The Kier molecular flexibility index (Phi) is 3.06. The lowest BCUT2D eigenvalue weighted by Crippen LogP contribution is -2.06. The molecular weight excluding hydrogens is 214 g/mol. The van der Waals surface area contributed by atoms with Gasteiger partial charge in [0.2, 0.25) is 0 Å². The molecule has 0 spiro atoms. The number of nitrogens with two attached hydrogens (primary N) is 1. The van der Waals surface area contributed by atoms with Crippen molar-refractivity contribution in [3.05, 3.63) is 46.5 Å². The predicted molar refractivity (Wildman–Crippen MR) is 56.0 cm³/mol. The number of halogens is 1. The van der Waals surface area contributed by atoms with E-state index in [1.165, 1.54) is 5.56 Å². The van der Waals surface area contributed by atoms with E-state index in [-0.39, 0.29) is 6.04 Å². The highest BCUT2D eigenvalue weighted by atomic mass is 79.9. The van der Waals surface area contributed by atoms with Gasteiger partial charge in [0.05, 0.1) is 0 Å². The smallest absolute Gasteiger partial charge is 0.0478 e. The summed E-state index contributed by atoms with van der Waals surface area (Å²) in [5.74, 6) is 0. The fourth-order valence-corrected chi connectivity index (χ4v) is 1.35. The first-order valence-electron chi connectivity index (χ1n) is 3.79. The maximum atomic E-state index is 5.77. The molecule has 0 saturated heterocycles. The molecule has 2 N–H and O–H groups in total. The van der Waals surface area contributed by atoms with Gasteiger partial charge in [-0.1, -0.05) is 34.1 Å². The molecule has 0 aromatic heterocycles. The van der Waals surface area contributed by atoms with E-state index in [1.54, 1.807) is 6.08 Å². The lowest BCUT2D eigenvalue weighted by atomic mass is 10.1. The highest BCUT2D eigenvalue weighted by Gasteiger charge is 2.02. The lowest BCUT2D eigenvalue weighted by molar-refractivity contribution is 0.912. The van der Waals surface area contributed by atoms with Crippen LogP contribution in [0, 0.1) is 6.92 Å². The standard InChI is InChI=1S/C10H12BrN/c1-3-10(12)8-5-4-7(2)9(11)6-8/h3-6,10H,1,12H2,2H3/t10-/m0/s1. The van der Waals surface area contributed by atoms with Gasteiger partial charge in [-0.15, -0.1) is 6.58 Å². The summed E-state index contributed by atoms with van der Waals surface area (Å²) in [6.07, 6.45) is 1.73. The summed E-state index contributed by atoms with van der Waals surface area (Å²) in [5.41, 5.74) is 8.08. The minimum absolute atomic E-state index is 0.0677. The normalized spacial score (nSPS) is 12.6. The van der Waals surface area contributed by atoms with Gasteiger partial charge in [-0.25, -0.2) is 0 Å². The van der Waals surface area contributed by atoms with Gasteiger partial charge in [-0.3, -0.25) is 0 Å². The summed E-state index contributed by atoms with van der Waals surface area (Å²) in [4.78, 5) is 0. The zero-order valence-electron chi connectivity index (χ0n) is 7.05. The third-order valence-corrected chi connectivity index (χ3v) is 2.69. The van der Waals surface area contributed by atoms with Gasteiger partial charge in [0.15, 0.2) is 0 Å². The summed E-state index contributed by atoms with van der Waals surface area (Å²) in [6, 6.07) is 6.03. The monoisotopic (exact) mass is 225 g/mol. The van der Waals surface area contributed by atoms with E-state index in [4.69, 9.17) is 5.73 Å². The van der Waals surface area contributed by atoms with Crippen molar-refractivity contribution in [3.8, 4) is 0 Å². The largest absolute Gasteiger partial charge is 0.321 e. The predicted octanol–water partition coefficient (Wildman–Crippen LogP) is 2.94. The first kappa shape index (κ1) is 9.49. The second-order valence-electron chi connectivity index (χ2n) is 2.77. The first-order chi connectivity index (χ1) is 5.65. The van der Waals surface area contributed by atoms with Gasteiger partial charge < -0.3 is 5.73 Å². The van der Waals surface area contributed by atoms with E-state index in [1.807, 2.05) is 25.1 Å². The van der Waals surface area contributed by atoms with Gasteiger partial charge in [-0.05, 0) is 24.1 Å². The van der Waals surface area contributed by atoms with Crippen LogP contribution in [0.3, 0.4) is 0 Å². The summed E-state index contributed by atoms with van der Waals surface area (Å²) >= 11 is 3.45. The third kappa shape index (κ3) is 1.96. The Hall–Kier alpha value is -0.600. The van der Waals surface area contributed by atoms with Crippen LogP contribution in [0.4, 0.5) is 0 Å². The van der Waals surface area contributed by atoms with E-state index in [2.05, 4.69) is 22.5 Å². The Morgan fingerprint density at radius 1 is 1.58 bits per heavy atom. The molecular formula is C10H12BrN. The highest BCUT2D eigenvalue weighted by Crippen LogP contribution is 2.20. The second kappa shape index (κ2) is 3.87. The number of benzene rings is 1. The van der Waals surface area contributed by atoms with E-state index < -0.39 is 0 Å². The molecule has 64 valence electrons. The Labute approximate surface area is 81.4 Å². The molecule has 0 heterocycles.